The van der Waals surface area contributed by atoms with Crippen molar-refractivity contribution >= 4 is 0 Å². The van der Waals surface area contributed by atoms with Gasteiger partial charge in [0.2, 0.25) is 0 Å². The van der Waals surface area contributed by atoms with Crippen molar-refractivity contribution in [1.82, 2.24) is 0 Å². The maximum atomic E-state index is 9.94. The van der Waals surface area contributed by atoms with E-state index in [9.17, 15) is 5.11 Å². The Morgan fingerprint density at radius 3 is 2.28 bits per heavy atom. The van der Waals surface area contributed by atoms with Crippen LogP contribution in [0.5, 0.6) is 0 Å². The lowest BCUT2D eigenvalue weighted by Crippen LogP contribution is -2.15. The first-order valence-electron chi connectivity index (χ1n) is 6.80. The van der Waals surface area contributed by atoms with E-state index in [1.165, 1.54) is 5.56 Å². The molecule has 0 radical (unpaired) electrons. The van der Waals surface area contributed by atoms with Gasteiger partial charge < -0.3 is 5.11 Å². The molecule has 1 aromatic carbocycles. The van der Waals surface area contributed by atoms with Crippen LogP contribution in [0.4, 0.5) is 0 Å². The lowest BCUT2D eigenvalue weighted by Gasteiger charge is -2.24. The van der Waals surface area contributed by atoms with E-state index in [1.807, 2.05) is 24.3 Å². The van der Waals surface area contributed by atoms with Gasteiger partial charge in [-0.3, -0.25) is 0 Å². The first-order valence-corrected chi connectivity index (χ1v) is 6.80. The smallest absolute Gasteiger partial charge is 0.0724 e. The van der Waals surface area contributed by atoms with Crippen LogP contribution in [0.2, 0.25) is 0 Å². The molecule has 100 valence electrons. The third-order valence-electron chi connectivity index (χ3n) is 3.56. The predicted octanol–water partition coefficient (Wildman–Crippen LogP) is 4.22. The monoisotopic (exact) mass is 246 g/mol. The minimum Gasteiger partial charge on any atom is -0.389 e. The minimum absolute atomic E-state index is 0.260. The normalized spacial score (nSPS) is 15.8. The molecule has 0 aromatic heterocycles. The zero-order chi connectivity index (χ0) is 13.6. The standard InChI is InChI=1S/C17H26O/c1-14(17(2,3)4)10-12-16(18)13-11-15-8-6-5-7-9-15/h5-10,12,14,16,18H,11,13H2,1-4H3/b12-10+. The Hall–Kier alpha value is -1.08. The molecule has 0 saturated heterocycles. The molecule has 0 fully saturated rings. The van der Waals surface area contributed by atoms with Gasteiger partial charge >= 0.3 is 0 Å². The lowest BCUT2D eigenvalue weighted by molar-refractivity contribution is 0.210. The maximum Gasteiger partial charge on any atom is 0.0724 e. The van der Waals surface area contributed by atoms with Crippen LogP contribution in [0.15, 0.2) is 42.5 Å². The van der Waals surface area contributed by atoms with Crippen molar-refractivity contribution in [3.8, 4) is 0 Å². The molecule has 1 nitrogen and oxygen atoms in total. The Balaban J connectivity index is 2.38. The van der Waals surface area contributed by atoms with Crippen LogP contribution >= 0.6 is 0 Å². The van der Waals surface area contributed by atoms with E-state index in [2.05, 4.69) is 45.9 Å². The van der Waals surface area contributed by atoms with Crippen molar-refractivity contribution in [2.24, 2.45) is 11.3 Å². The second-order valence-electron chi connectivity index (χ2n) is 6.13. The Bertz CT molecular complexity index is 359. The molecule has 0 aliphatic rings. The number of aryl methyl sites for hydroxylation is 1. The molecule has 1 rings (SSSR count). The van der Waals surface area contributed by atoms with Crippen LogP contribution in [-0.4, -0.2) is 11.2 Å². The van der Waals surface area contributed by atoms with E-state index >= 15 is 0 Å². The van der Waals surface area contributed by atoms with Gasteiger partial charge in [0.1, 0.15) is 0 Å². The van der Waals surface area contributed by atoms with E-state index < -0.39 is 0 Å². The molecule has 0 aliphatic heterocycles. The topological polar surface area (TPSA) is 20.2 Å². The summed E-state index contributed by atoms with van der Waals surface area (Å²) in [5.74, 6) is 0.476. The summed E-state index contributed by atoms with van der Waals surface area (Å²) in [6.45, 7) is 8.86. The molecule has 1 aromatic rings. The highest BCUT2D eigenvalue weighted by Gasteiger charge is 2.17. The van der Waals surface area contributed by atoms with Crippen molar-refractivity contribution in [1.29, 1.82) is 0 Å². The van der Waals surface area contributed by atoms with Crippen molar-refractivity contribution < 1.29 is 5.11 Å². The number of rotatable bonds is 5. The highest BCUT2D eigenvalue weighted by Crippen LogP contribution is 2.26. The van der Waals surface area contributed by atoms with Gasteiger partial charge in [-0.1, -0.05) is 70.2 Å². The van der Waals surface area contributed by atoms with Gasteiger partial charge in [0, 0.05) is 0 Å². The first kappa shape index (κ1) is 15.0. The zero-order valence-electron chi connectivity index (χ0n) is 12.1. The summed E-state index contributed by atoms with van der Waals surface area (Å²) in [6, 6.07) is 10.3. The second-order valence-corrected chi connectivity index (χ2v) is 6.13. The van der Waals surface area contributed by atoms with E-state index in [4.69, 9.17) is 0 Å². The fraction of sp³-hybridized carbons (Fsp3) is 0.529. The number of aliphatic hydroxyl groups is 1. The average Bonchev–Trinajstić information content (AvgIpc) is 2.33. The molecule has 18 heavy (non-hydrogen) atoms. The summed E-state index contributed by atoms with van der Waals surface area (Å²) in [6.07, 6.45) is 5.46. The summed E-state index contributed by atoms with van der Waals surface area (Å²) >= 11 is 0. The van der Waals surface area contributed by atoms with Crippen molar-refractivity contribution in [2.75, 3.05) is 0 Å². The fourth-order valence-electron chi connectivity index (χ4n) is 1.64. The van der Waals surface area contributed by atoms with Crippen molar-refractivity contribution in [3.63, 3.8) is 0 Å². The lowest BCUT2D eigenvalue weighted by atomic mass is 9.82. The molecule has 0 bridgehead atoms. The molecular weight excluding hydrogens is 220 g/mol. The van der Waals surface area contributed by atoms with Gasteiger partial charge in [0.05, 0.1) is 6.10 Å². The van der Waals surface area contributed by atoms with Crippen molar-refractivity contribution in [2.45, 2.75) is 46.6 Å². The summed E-state index contributed by atoms with van der Waals surface area (Å²) in [5, 5.41) is 9.94. The molecule has 0 spiro atoms. The average molecular weight is 246 g/mol. The largest absolute Gasteiger partial charge is 0.389 e. The van der Waals surface area contributed by atoms with Crippen LogP contribution in [0, 0.1) is 11.3 Å². The van der Waals surface area contributed by atoms with Crippen LogP contribution < -0.4 is 0 Å². The number of aliphatic hydroxyl groups excluding tert-OH is 1. The third-order valence-corrected chi connectivity index (χ3v) is 3.56. The minimum atomic E-state index is -0.338. The molecule has 0 amide bonds. The third kappa shape index (κ3) is 5.50. The molecule has 0 aliphatic carbocycles. The van der Waals surface area contributed by atoms with Gasteiger partial charge in [0.25, 0.3) is 0 Å². The van der Waals surface area contributed by atoms with Gasteiger partial charge in [0.15, 0.2) is 0 Å². The van der Waals surface area contributed by atoms with E-state index in [0.29, 0.717) is 5.92 Å². The van der Waals surface area contributed by atoms with Crippen LogP contribution in [0.1, 0.15) is 39.7 Å². The number of hydrogen-bond donors (Lipinski definition) is 1. The van der Waals surface area contributed by atoms with E-state index in [1.54, 1.807) is 0 Å². The fourth-order valence-corrected chi connectivity index (χ4v) is 1.64. The Morgan fingerprint density at radius 2 is 1.72 bits per heavy atom. The molecule has 1 heteroatoms. The summed E-state index contributed by atoms with van der Waals surface area (Å²) in [4.78, 5) is 0. The number of benzene rings is 1. The Morgan fingerprint density at radius 1 is 1.11 bits per heavy atom. The van der Waals surface area contributed by atoms with Gasteiger partial charge in [-0.2, -0.15) is 0 Å². The summed E-state index contributed by atoms with van der Waals surface area (Å²) in [7, 11) is 0. The van der Waals surface area contributed by atoms with Crippen molar-refractivity contribution in [3.05, 3.63) is 48.0 Å². The van der Waals surface area contributed by atoms with Crippen LogP contribution in [0.3, 0.4) is 0 Å². The maximum absolute atomic E-state index is 9.94. The molecule has 2 atom stereocenters. The van der Waals surface area contributed by atoms with E-state index in [0.717, 1.165) is 12.8 Å². The highest BCUT2D eigenvalue weighted by atomic mass is 16.3. The molecule has 0 heterocycles. The zero-order valence-corrected chi connectivity index (χ0v) is 12.1. The summed E-state index contributed by atoms with van der Waals surface area (Å²) in [5.41, 5.74) is 1.55. The number of hydrogen-bond acceptors (Lipinski definition) is 1. The predicted molar refractivity (Wildman–Crippen MR) is 78.5 cm³/mol. The molecule has 1 N–H and O–H groups in total. The SMILES string of the molecule is CC(/C=C/C(O)CCc1ccccc1)C(C)(C)C. The molecule has 2 unspecified atom stereocenters. The van der Waals surface area contributed by atoms with Crippen LogP contribution in [0.25, 0.3) is 0 Å². The highest BCUT2D eigenvalue weighted by molar-refractivity contribution is 5.15. The van der Waals surface area contributed by atoms with Gasteiger partial charge in [-0.25, -0.2) is 0 Å². The summed E-state index contributed by atoms with van der Waals surface area (Å²) < 4.78 is 0. The van der Waals surface area contributed by atoms with Gasteiger partial charge in [-0.05, 0) is 29.7 Å². The van der Waals surface area contributed by atoms with Gasteiger partial charge in [-0.15, -0.1) is 0 Å². The first-order chi connectivity index (χ1) is 8.39. The molecule has 0 saturated carbocycles. The Kier molecular flexibility index (Phi) is 5.61. The number of allylic oxidation sites excluding steroid dienone is 1. The quantitative estimate of drug-likeness (QED) is 0.771. The van der Waals surface area contributed by atoms with Crippen LogP contribution in [-0.2, 0) is 6.42 Å². The Labute approximate surface area is 112 Å². The second kappa shape index (κ2) is 6.75. The molecular formula is C17H26O. The van der Waals surface area contributed by atoms with E-state index in [-0.39, 0.29) is 11.5 Å².